The molecule has 94 valence electrons. The minimum atomic E-state index is -0.522. The van der Waals surface area contributed by atoms with Crippen molar-refractivity contribution < 1.29 is 14.6 Å². The summed E-state index contributed by atoms with van der Waals surface area (Å²) in [5.41, 5.74) is -0.500. The molecule has 0 aromatic rings. The van der Waals surface area contributed by atoms with Gasteiger partial charge in [0.2, 0.25) is 0 Å². The molecule has 1 rings (SSSR count). The van der Waals surface area contributed by atoms with Crippen LogP contribution in [-0.2, 0) is 4.74 Å². The summed E-state index contributed by atoms with van der Waals surface area (Å²) in [7, 11) is 1.95. The number of aliphatic hydroxyl groups is 1. The van der Waals surface area contributed by atoms with Gasteiger partial charge >= 0.3 is 6.09 Å². The van der Waals surface area contributed by atoms with Crippen molar-refractivity contribution in [3.8, 4) is 0 Å². The fourth-order valence-electron chi connectivity index (χ4n) is 1.72. The van der Waals surface area contributed by atoms with E-state index in [0.29, 0.717) is 6.54 Å². The van der Waals surface area contributed by atoms with Gasteiger partial charge in [-0.1, -0.05) is 0 Å². The molecule has 0 aromatic heterocycles. The SMILES string of the molecule is CN1CCC(NC(=O)OC(C)(C)C)C(O)C1. The number of carbonyl (C=O) groups excluding carboxylic acids is 1. The Kier molecular flexibility index (Phi) is 4.15. The van der Waals surface area contributed by atoms with Gasteiger partial charge in [-0.3, -0.25) is 0 Å². The summed E-state index contributed by atoms with van der Waals surface area (Å²) >= 11 is 0. The Morgan fingerprint density at radius 2 is 2.12 bits per heavy atom. The molecule has 1 fully saturated rings. The van der Waals surface area contributed by atoms with Crippen LogP contribution in [0, 0.1) is 0 Å². The highest BCUT2D eigenvalue weighted by atomic mass is 16.6. The first-order chi connectivity index (χ1) is 7.28. The molecule has 0 saturated carbocycles. The van der Waals surface area contributed by atoms with Crippen molar-refractivity contribution in [3.63, 3.8) is 0 Å². The first-order valence-electron chi connectivity index (χ1n) is 5.64. The van der Waals surface area contributed by atoms with Crippen molar-refractivity contribution in [1.29, 1.82) is 0 Å². The fourth-order valence-corrected chi connectivity index (χ4v) is 1.72. The van der Waals surface area contributed by atoms with Crippen molar-refractivity contribution in [2.45, 2.75) is 44.9 Å². The van der Waals surface area contributed by atoms with E-state index in [-0.39, 0.29) is 6.04 Å². The van der Waals surface area contributed by atoms with Gasteiger partial charge in [0, 0.05) is 6.54 Å². The number of likely N-dealkylation sites (N-methyl/N-ethyl adjacent to an activating group) is 1. The van der Waals surface area contributed by atoms with Crippen LogP contribution in [-0.4, -0.2) is 54.0 Å². The van der Waals surface area contributed by atoms with E-state index >= 15 is 0 Å². The Morgan fingerprint density at radius 1 is 1.50 bits per heavy atom. The Hall–Kier alpha value is -0.810. The molecule has 0 bridgehead atoms. The van der Waals surface area contributed by atoms with Crippen molar-refractivity contribution in [2.24, 2.45) is 0 Å². The van der Waals surface area contributed by atoms with Gasteiger partial charge in [-0.15, -0.1) is 0 Å². The molecule has 5 heteroatoms. The number of hydrogen-bond acceptors (Lipinski definition) is 4. The lowest BCUT2D eigenvalue weighted by Crippen LogP contribution is -2.53. The normalized spacial score (nSPS) is 27.6. The Morgan fingerprint density at radius 3 is 2.62 bits per heavy atom. The number of alkyl carbamates (subject to hydrolysis) is 1. The molecular formula is C11H22N2O3. The van der Waals surface area contributed by atoms with E-state index in [1.807, 2.05) is 32.7 Å². The molecule has 1 amide bonds. The summed E-state index contributed by atoms with van der Waals surface area (Å²) in [5, 5.41) is 12.5. The number of aliphatic hydroxyl groups excluding tert-OH is 1. The predicted molar refractivity (Wildman–Crippen MR) is 61.3 cm³/mol. The van der Waals surface area contributed by atoms with Crippen LogP contribution < -0.4 is 5.32 Å². The maximum Gasteiger partial charge on any atom is 0.407 e. The number of nitrogens with one attached hydrogen (secondary N) is 1. The predicted octanol–water partition coefficient (Wildman–Crippen LogP) is 0.576. The molecule has 1 aliphatic rings. The van der Waals surface area contributed by atoms with Crippen LogP contribution in [0.25, 0.3) is 0 Å². The lowest BCUT2D eigenvalue weighted by Gasteiger charge is -2.34. The molecule has 2 N–H and O–H groups in total. The van der Waals surface area contributed by atoms with Crippen LogP contribution in [0.4, 0.5) is 4.79 Å². The average molecular weight is 230 g/mol. The Labute approximate surface area is 96.8 Å². The van der Waals surface area contributed by atoms with Crippen LogP contribution in [0.3, 0.4) is 0 Å². The van der Waals surface area contributed by atoms with Gasteiger partial charge in [0.05, 0.1) is 12.1 Å². The molecule has 1 saturated heterocycles. The van der Waals surface area contributed by atoms with E-state index in [1.165, 1.54) is 0 Å². The first-order valence-corrected chi connectivity index (χ1v) is 5.64. The van der Waals surface area contributed by atoms with E-state index in [9.17, 15) is 9.90 Å². The van der Waals surface area contributed by atoms with Gasteiger partial charge in [0.1, 0.15) is 5.60 Å². The summed E-state index contributed by atoms with van der Waals surface area (Å²) in [6.45, 7) is 6.91. The molecule has 5 nitrogen and oxygen atoms in total. The largest absolute Gasteiger partial charge is 0.444 e. The third-order valence-electron chi connectivity index (χ3n) is 2.49. The van der Waals surface area contributed by atoms with Crippen LogP contribution in [0.2, 0.25) is 0 Å². The number of piperidine rings is 1. The highest BCUT2D eigenvalue weighted by Crippen LogP contribution is 2.11. The third-order valence-corrected chi connectivity index (χ3v) is 2.49. The lowest BCUT2D eigenvalue weighted by atomic mass is 10.0. The molecule has 0 spiro atoms. The van der Waals surface area contributed by atoms with Gasteiger partial charge < -0.3 is 20.1 Å². The average Bonchev–Trinajstić information content (AvgIpc) is 2.06. The summed E-state index contributed by atoms with van der Waals surface area (Å²) in [6.07, 6.45) is -0.232. The zero-order valence-electron chi connectivity index (χ0n) is 10.5. The van der Waals surface area contributed by atoms with Crippen LogP contribution >= 0.6 is 0 Å². The summed E-state index contributed by atoms with van der Waals surface area (Å²) in [5.74, 6) is 0. The number of nitrogens with zero attached hydrogens (tertiary/aromatic N) is 1. The van der Waals surface area contributed by atoms with Gasteiger partial charge in [-0.2, -0.15) is 0 Å². The fraction of sp³-hybridized carbons (Fsp3) is 0.909. The molecule has 2 atom stereocenters. The molecule has 0 radical (unpaired) electrons. The van der Waals surface area contributed by atoms with Crippen LogP contribution in [0.5, 0.6) is 0 Å². The zero-order valence-corrected chi connectivity index (χ0v) is 10.5. The van der Waals surface area contributed by atoms with Crippen molar-refractivity contribution in [1.82, 2.24) is 10.2 Å². The molecule has 0 aromatic carbocycles. The standard InChI is InChI=1S/C11H22N2O3/c1-11(2,3)16-10(15)12-8-5-6-13(4)7-9(8)14/h8-9,14H,5-7H2,1-4H3,(H,12,15). The van der Waals surface area contributed by atoms with E-state index in [2.05, 4.69) is 5.32 Å². The highest BCUT2D eigenvalue weighted by Gasteiger charge is 2.28. The van der Waals surface area contributed by atoms with Crippen molar-refractivity contribution in [3.05, 3.63) is 0 Å². The molecule has 1 heterocycles. The number of rotatable bonds is 1. The number of β-amino-alcohol motifs (C(OH)–C–C–N with tert-alkyl or cyclic N) is 1. The van der Waals surface area contributed by atoms with Crippen LogP contribution in [0.1, 0.15) is 27.2 Å². The first kappa shape index (κ1) is 13.3. The van der Waals surface area contributed by atoms with Gasteiger partial charge in [-0.05, 0) is 40.8 Å². The smallest absolute Gasteiger partial charge is 0.407 e. The molecule has 2 unspecified atom stereocenters. The van der Waals surface area contributed by atoms with Crippen molar-refractivity contribution >= 4 is 6.09 Å². The quantitative estimate of drug-likeness (QED) is 0.691. The summed E-state index contributed by atoms with van der Waals surface area (Å²) in [4.78, 5) is 13.5. The van der Waals surface area contributed by atoms with Crippen LogP contribution in [0.15, 0.2) is 0 Å². The van der Waals surface area contributed by atoms with E-state index < -0.39 is 17.8 Å². The number of likely N-dealkylation sites (tertiary alicyclic amines) is 1. The molecule has 1 aliphatic heterocycles. The summed E-state index contributed by atoms with van der Waals surface area (Å²) in [6, 6.07) is -0.203. The minimum absolute atomic E-state index is 0.203. The third kappa shape index (κ3) is 4.37. The number of carbonyl (C=O) groups is 1. The second kappa shape index (κ2) is 5.01. The molecule has 0 aliphatic carbocycles. The van der Waals surface area contributed by atoms with Gasteiger partial charge in [0.25, 0.3) is 0 Å². The van der Waals surface area contributed by atoms with Gasteiger partial charge in [0.15, 0.2) is 0 Å². The minimum Gasteiger partial charge on any atom is -0.444 e. The Balaban J connectivity index is 2.39. The Bertz CT molecular complexity index is 250. The van der Waals surface area contributed by atoms with E-state index in [1.54, 1.807) is 0 Å². The monoisotopic (exact) mass is 230 g/mol. The van der Waals surface area contributed by atoms with E-state index in [4.69, 9.17) is 4.74 Å². The maximum atomic E-state index is 11.5. The topological polar surface area (TPSA) is 61.8 Å². The second-order valence-corrected chi connectivity index (χ2v) is 5.37. The van der Waals surface area contributed by atoms with E-state index in [0.717, 1.165) is 13.0 Å². The second-order valence-electron chi connectivity index (χ2n) is 5.37. The lowest BCUT2D eigenvalue weighted by molar-refractivity contribution is 0.0252. The van der Waals surface area contributed by atoms with Gasteiger partial charge in [-0.25, -0.2) is 4.79 Å². The molecular weight excluding hydrogens is 208 g/mol. The summed E-state index contributed by atoms with van der Waals surface area (Å²) < 4.78 is 5.14. The number of amides is 1. The zero-order chi connectivity index (χ0) is 12.3. The highest BCUT2D eigenvalue weighted by molar-refractivity contribution is 5.68. The maximum absolute atomic E-state index is 11.5. The van der Waals surface area contributed by atoms with Crippen molar-refractivity contribution in [2.75, 3.05) is 20.1 Å². The molecule has 16 heavy (non-hydrogen) atoms. The number of hydrogen-bond donors (Lipinski definition) is 2. The number of ether oxygens (including phenoxy) is 1.